The molecule has 0 unspecified atom stereocenters. The molecule has 3 nitrogen and oxygen atoms in total. The Kier molecular flexibility index (Phi) is 3.41. The highest BCUT2D eigenvalue weighted by atomic mass is 16.1. The van der Waals surface area contributed by atoms with Crippen molar-refractivity contribution in [3.05, 3.63) is 29.3 Å². The van der Waals surface area contributed by atoms with Crippen molar-refractivity contribution in [2.45, 2.75) is 33.1 Å². The van der Waals surface area contributed by atoms with Crippen LogP contribution in [0.1, 0.15) is 43.6 Å². The van der Waals surface area contributed by atoms with E-state index in [1.54, 1.807) is 12.1 Å². The average Bonchev–Trinajstić information content (AvgIpc) is 2.16. The van der Waals surface area contributed by atoms with Gasteiger partial charge in [-0.15, -0.1) is 0 Å². The number of nitrogens with zero attached hydrogens (tertiary/aromatic N) is 1. The number of benzene rings is 1. The fraction of sp³-hybridized carbons (Fsp3) is 0.385. The first-order valence-electron chi connectivity index (χ1n) is 5.09. The molecule has 0 aliphatic heterocycles. The molecule has 1 aromatic carbocycles. The molecule has 0 amide bonds. The minimum absolute atomic E-state index is 0.0392. The van der Waals surface area contributed by atoms with Crippen LogP contribution in [0.2, 0.25) is 0 Å². The Morgan fingerprint density at radius 3 is 2.38 bits per heavy atom. The lowest BCUT2D eigenvalue weighted by molar-refractivity contribution is 0.101. The third-order valence-corrected chi connectivity index (χ3v) is 2.41. The van der Waals surface area contributed by atoms with Gasteiger partial charge in [-0.05, 0) is 30.0 Å². The van der Waals surface area contributed by atoms with Crippen molar-refractivity contribution < 1.29 is 9.59 Å². The molecule has 0 saturated heterocycles. The number of isocyanates is 1. The minimum atomic E-state index is -0.102. The summed E-state index contributed by atoms with van der Waals surface area (Å²) in [6, 6.07) is 5.36. The van der Waals surface area contributed by atoms with Gasteiger partial charge in [-0.3, -0.25) is 4.79 Å². The van der Waals surface area contributed by atoms with E-state index in [1.165, 1.54) is 13.0 Å². The van der Waals surface area contributed by atoms with Crippen LogP contribution in [0.5, 0.6) is 0 Å². The van der Waals surface area contributed by atoms with Gasteiger partial charge in [0.2, 0.25) is 6.08 Å². The van der Waals surface area contributed by atoms with Gasteiger partial charge in [-0.1, -0.05) is 26.8 Å². The Morgan fingerprint density at radius 1 is 1.31 bits per heavy atom. The highest BCUT2D eigenvalue weighted by Crippen LogP contribution is 2.28. The molecule has 1 aromatic rings. The predicted octanol–water partition coefficient (Wildman–Crippen LogP) is 3.15. The molecule has 0 spiro atoms. The summed E-state index contributed by atoms with van der Waals surface area (Å²) in [7, 11) is 0. The van der Waals surface area contributed by atoms with E-state index in [9.17, 15) is 9.59 Å². The molecule has 0 heterocycles. The van der Waals surface area contributed by atoms with Crippen LogP contribution in [0, 0.1) is 0 Å². The first-order chi connectivity index (χ1) is 7.36. The van der Waals surface area contributed by atoms with E-state index in [0.717, 1.165) is 5.56 Å². The predicted molar refractivity (Wildman–Crippen MR) is 62.9 cm³/mol. The van der Waals surface area contributed by atoms with Crippen LogP contribution < -0.4 is 0 Å². The summed E-state index contributed by atoms with van der Waals surface area (Å²) in [5.74, 6) is -0.102. The van der Waals surface area contributed by atoms with E-state index >= 15 is 0 Å². The molecule has 3 heteroatoms. The molecule has 16 heavy (non-hydrogen) atoms. The van der Waals surface area contributed by atoms with Crippen LogP contribution in [0.3, 0.4) is 0 Å². The topological polar surface area (TPSA) is 46.5 Å². The van der Waals surface area contributed by atoms with Crippen LogP contribution in [0.25, 0.3) is 0 Å². The van der Waals surface area contributed by atoms with Crippen molar-refractivity contribution in [1.29, 1.82) is 0 Å². The first-order valence-corrected chi connectivity index (χ1v) is 5.09. The zero-order valence-electron chi connectivity index (χ0n) is 10.00. The van der Waals surface area contributed by atoms with Crippen LogP contribution in [-0.4, -0.2) is 11.9 Å². The number of Topliss-reactive ketones (excluding diaryl/α,β-unsaturated/α-hetero) is 1. The van der Waals surface area contributed by atoms with Crippen LogP contribution in [0.15, 0.2) is 23.2 Å². The molecule has 1 rings (SSSR count). The zero-order valence-corrected chi connectivity index (χ0v) is 10.00. The average molecular weight is 217 g/mol. The van der Waals surface area contributed by atoms with Gasteiger partial charge in [0, 0.05) is 5.56 Å². The highest BCUT2D eigenvalue weighted by molar-refractivity contribution is 5.99. The normalized spacial score (nSPS) is 10.8. The number of carbonyl (C=O) groups excluding carboxylic acids is 2. The van der Waals surface area contributed by atoms with Gasteiger partial charge in [-0.2, -0.15) is 4.99 Å². The van der Waals surface area contributed by atoms with Crippen molar-refractivity contribution in [3.63, 3.8) is 0 Å². The first kappa shape index (κ1) is 12.3. The zero-order chi connectivity index (χ0) is 12.3. The van der Waals surface area contributed by atoms with Crippen molar-refractivity contribution in [2.24, 2.45) is 4.99 Å². The molecule has 0 aliphatic rings. The van der Waals surface area contributed by atoms with Gasteiger partial charge in [0.15, 0.2) is 5.78 Å². The molecule has 0 saturated carbocycles. The van der Waals surface area contributed by atoms with Gasteiger partial charge >= 0.3 is 0 Å². The second kappa shape index (κ2) is 4.42. The van der Waals surface area contributed by atoms with Crippen molar-refractivity contribution in [1.82, 2.24) is 0 Å². The Bertz CT molecular complexity index is 463. The molecule has 0 radical (unpaired) electrons. The lowest BCUT2D eigenvalue weighted by atomic mass is 9.86. The largest absolute Gasteiger partial charge is 0.294 e. The maximum absolute atomic E-state index is 11.3. The quantitative estimate of drug-likeness (QED) is 0.434. The van der Waals surface area contributed by atoms with Crippen molar-refractivity contribution >= 4 is 17.6 Å². The second-order valence-corrected chi connectivity index (χ2v) is 4.74. The maximum Gasteiger partial charge on any atom is 0.240 e. The molecule has 0 atom stereocenters. The van der Waals surface area contributed by atoms with Crippen LogP contribution in [0.4, 0.5) is 5.69 Å². The number of ketones is 1. The fourth-order valence-electron chi connectivity index (χ4n) is 1.44. The standard InChI is InChI=1S/C13H15NO2/c1-9(16)11-6-5-10(13(2,3)4)7-12(11)14-8-15/h5-7H,1-4H3. The van der Waals surface area contributed by atoms with E-state index < -0.39 is 0 Å². The molecule has 0 aromatic heterocycles. The third-order valence-electron chi connectivity index (χ3n) is 2.41. The van der Waals surface area contributed by atoms with Gasteiger partial charge in [0.25, 0.3) is 0 Å². The smallest absolute Gasteiger partial charge is 0.240 e. The summed E-state index contributed by atoms with van der Waals surface area (Å²) >= 11 is 0. The van der Waals surface area contributed by atoms with Gasteiger partial charge in [0.1, 0.15) is 0 Å². The summed E-state index contributed by atoms with van der Waals surface area (Å²) in [4.78, 5) is 25.2. The van der Waals surface area contributed by atoms with E-state index in [0.29, 0.717) is 11.3 Å². The van der Waals surface area contributed by atoms with Crippen molar-refractivity contribution in [2.75, 3.05) is 0 Å². The summed E-state index contributed by atoms with van der Waals surface area (Å²) in [6.07, 6.45) is 1.48. The highest BCUT2D eigenvalue weighted by Gasteiger charge is 2.16. The van der Waals surface area contributed by atoms with Gasteiger partial charge in [0.05, 0.1) is 5.69 Å². The number of rotatable bonds is 2. The number of carbonyl (C=O) groups is 1. The summed E-state index contributed by atoms with van der Waals surface area (Å²) in [6.45, 7) is 7.63. The number of hydrogen-bond acceptors (Lipinski definition) is 3. The lowest BCUT2D eigenvalue weighted by Crippen LogP contribution is -2.11. The molecule has 0 aliphatic carbocycles. The lowest BCUT2D eigenvalue weighted by Gasteiger charge is -2.19. The maximum atomic E-state index is 11.3. The second-order valence-electron chi connectivity index (χ2n) is 4.74. The molecule has 0 N–H and O–H groups in total. The van der Waals surface area contributed by atoms with E-state index in [4.69, 9.17) is 0 Å². The number of hydrogen-bond donors (Lipinski definition) is 0. The summed E-state index contributed by atoms with van der Waals surface area (Å²) in [5, 5.41) is 0. The Labute approximate surface area is 95.2 Å². The van der Waals surface area contributed by atoms with Crippen LogP contribution in [-0.2, 0) is 10.2 Å². The van der Waals surface area contributed by atoms with Gasteiger partial charge in [-0.25, -0.2) is 4.79 Å². The monoisotopic (exact) mass is 217 g/mol. The molecule has 0 bridgehead atoms. The van der Waals surface area contributed by atoms with Crippen molar-refractivity contribution in [3.8, 4) is 0 Å². The summed E-state index contributed by atoms with van der Waals surface area (Å²) < 4.78 is 0. The SMILES string of the molecule is CC(=O)c1ccc(C(C)(C)C)cc1N=C=O. The van der Waals surface area contributed by atoms with E-state index in [1.807, 2.05) is 6.07 Å². The Balaban J connectivity index is 3.39. The van der Waals surface area contributed by atoms with E-state index in [2.05, 4.69) is 25.8 Å². The van der Waals surface area contributed by atoms with Gasteiger partial charge < -0.3 is 0 Å². The molecular formula is C13H15NO2. The minimum Gasteiger partial charge on any atom is -0.294 e. The fourth-order valence-corrected chi connectivity index (χ4v) is 1.44. The summed E-state index contributed by atoms with van der Waals surface area (Å²) in [5.41, 5.74) is 1.85. The van der Waals surface area contributed by atoms with E-state index in [-0.39, 0.29) is 11.2 Å². The number of aliphatic imine (C=N–C) groups is 1. The Morgan fingerprint density at radius 2 is 1.94 bits per heavy atom. The third kappa shape index (κ3) is 2.65. The molecule has 0 fully saturated rings. The molecule has 84 valence electrons. The Hall–Kier alpha value is -1.73. The van der Waals surface area contributed by atoms with Crippen LogP contribution >= 0.6 is 0 Å². The molecular weight excluding hydrogens is 202 g/mol.